The molecule has 1 amide bonds. The lowest BCUT2D eigenvalue weighted by Crippen LogP contribution is -2.64. The van der Waals surface area contributed by atoms with Crippen LogP contribution < -0.4 is 5.32 Å². The molecule has 21 heavy (non-hydrogen) atoms. The molecule has 1 saturated heterocycles. The van der Waals surface area contributed by atoms with Gasteiger partial charge in [0, 0.05) is 18.6 Å². The first-order valence-corrected chi connectivity index (χ1v) is 8.43. The van der Waals surface area contributed by atoms with E-state index in [0.717, 1.165) is 25.7 Å². The second-order valence-electron chi connectivity index (χ2n) is 7.70. The van der Waals surface area contributed by atoms with E-state index >= 15 is 0 Å². The highest BCUT2D eigenvalue weighted by molar-refractivity contribution is 5.84. The number of nitrogens with zero attached hydrogens (tertiary/aromatic N) is 1. The first-order chi connectivity index (χ1) is 9.82. The predicted octanol–water partition coefficient (Wildman–Crippen LogP) is 2.77. The number of rotatable bonds is 6. The zero-order chi connectivity index (χ0) is 15.8. The van der Waals surface area contributed by atoms with Crippen molar-refractivity contribution in [2.75, 3.05) is 7.11 Å². The lowest BCUT2D eigenvalue weighted by Gasteiger charge is -2.55. The number of nitrogens with one attached hydrogen (secondary N) is 1. The minimum absolute atomic E-state index is 0.0103. The molecule has 1 heterocycles. The van der Waals surface area contributed by atoms with Gasteiger partial charge in [-0.2, -0.15) is 0 Å². The number of hydrogen-bond donors (Lipinski definition) is 1. The van der Waals surface area contributed by atoms with Crippen LogP contribution in [0.5, 0.6) is 0 Å². The van der Waals surface area contributed by atoms with Gasteiger partial charge in [-0.05, 0) is 25.2 Å². The molecule has 2 fully saturated rings. The second kappa shape index (κ2) is 6.25. The molecule has 1 aliphatic heterocycles. The normalized spacial score (nSPS) is 35.4. The molecule has 4 heteroatoms. The Kier molecular flexibility index (Phi) is 4.99. The average molecular weight is 296 g/mol. The van der Waals surface area contributed by atoms with Gasteiger partial charge < -0.3 is 9.64 Å². The van der Waals surface area contributed by atoms with Crippen LogP contribution in [0.25, 0.3) is 0 Å². The molecule has 1 N–H and O–H groups in total. The SMILES string of the molecule is CCCC1NC(CC(C)C)N(C2CC(OC)C2(C)C)C1=O. The molecule has 0 aromatic carbocycles. The Morgan fingerprint density at radius 1 is 1.43 bits per heavy atom. The van der Waals surface area contributed by atoms with Gasteiger partial charge in [0.25, 0.3) is 0 Å². The summed E-state index contributed by atoms with van der Waals surface area (Å²) in [5.41, 5.74) is 0.0441. The molecule has 0 spiro atoms. The summed E-state index contributed by atoms with van der Waals surface area (Å²) in [6, 6.07) is 0.309. The van der Waals surface area contributed by atoms with Gasteiger partial charge in [0.2, 0.25) is 5.91 Å². The van der Waals surface area contributed by atoms with Crippen molar-refractivity contribution >= 4 is 5.91 Å². The fraction of sp³-hybridized carbons (Fsp3) is 0.941. The lowest BCUT2D eigenvalue weighted by molar-refractivity contribution is -0.163. The maximum absolute atomic E-state index is 12.8. The Morgan fingerprint density at radius 2 is 2.10 bits per heavy atom. The first kappa shape index (κ1) is 16.8. The van der Waals surface area contributed by atoms with Gasteiger partial charge in [0.1, 0.15) is 0 Å². The smallest absolute Gasteiger partial charge is 0.241 e. The summed E-state index contributed by atoms with van der Waals surface area (Å²) in [6.07, 6.45) is 4.42. The number of amides is 1. The minimum atomic E-state index is 0.0103. The van der Waals surface area contributed by atoms with Gasteiger partial charge in [-0.15, -0.1) is 0 Å². The largest absolute Gasteiger partial charge is 0.381 e. The van der Waals surface area contributed by atoms with E-state index < -0.39 is 0 Å². The van der Waals surface area contributed by atoms with Crippen molar-refractivity contribution in [1.29, 1.82) is 0 Å². The fourth-order valence-corrected chi connectivity index (χ4v) is 3.95. The van der Waals surface area contributed by atoms with Crippen LogP contribution in [0.15, 0.2) is 0 Å². The van der Waals surface area contributed by atoms with Crippen molar-refractivity contribution in [3.8, 4) is 0 Å². The zero-order valence-electron chi connectivity index (χ0n) is 14.5. The lowest BCUT2D eigenvalue weighted by atomic mass is 9.63. The molecule has 2 aliphatic rings. The van der Waals surface area contributed by atoms with Crippen molar-refractivity contribution in [2.24, 2.45) is 11.3 Å². The molecule has 1 saturated carbocycles. The summed E-state index contributed by atoms with van der Waals surface area (Å²) in [5.74, 6) is 0.884. The molecule has 4 atom stereocenters. The summed E-state index contributed by atoms with van der Waals surface area (Å²) < 4.78 is 5.56. The average Bonchev–Trinajstić information content (AvgIpc) is 2.66. The van der Waals surface area contributed by atoms with Gasteiger partial charge in [0.15, 0.2) is 0 Å². The molecular formula is C17H32N2O2. The highest BCUT2D eigenvalue weighted by atomic mass is 16.5. The zero-order valence-corrected chi connectivity index (χ0v) is 14.5. The summed E-state index contributed by atoms with van der Waals surface area (Å²) in [5, 5.41) is 3.58. The van der Waals surface area contributed by atoms with Crippen molar-refractivity contribution < 1.29 is 9.53 Å². The number of ether oxygens (including phenoxy) is 1. The number of carbonyl (C=O) groups excluding carboxylic acids is 1. The van der Waals surface area contributed by atoms with Gasteiger partial charge in [-0.1, -0.05) is 41.0 Å². The quantitative estimate of drug-likeness (QED) is 0.819. The van der Waals surface area contributed by atoms with Crippen molar-refractivity contribution in [3.05, 3.63) is 0 Å². The molecule has 0 aromatic heterocycles. The predicted molar refractivity (Wildman–Crippen MR) is 84.9 cm³/mol. The number of carbonyl (C=O) groups is 1. The van der Waals surface area contributed by atoms with Crippen LogP contribution in [0, 0.1) is 11.3 Å². The summed E-state index contributed by atoms with van der Waals surface area (Å²) in [6.45, 7) is 11.0. The van der Waals surface area contributed by atoms with E-state index in [2.05, 4.69) is 44.8 Å². The highest BCUT2D eigenvalue weighted by Gasteiger charge is 2.56. The third kappa shape index (κ3) is 2.98. The van der Waals surface area contributed by atoms with E-state index in [1.165, 1.54) is 0 Å². The number of hydrogen-bond acceptors (Lipinski definition) is 3. The molecule has 2 rings (SSSR count). The van der Waals surface area contributed by atoms with E-state index in [0.29, 0.717) is 17.9 Å². The molecule has 1 aliphatic carbocycles. The van der Waals surface area contributed by atoms with Gasteiger partial charge in [0.05, 0.1) is 18.3 Å². The Morgan fingerprint density at radius 3 is 2.57 bits per heavy atom. The van der Waals surface area contributed by atoms with E-state index in [1.54, 1.807) is 7.11 Å². The van der Waals surface area contributed by atoms with Crippen molar-refractivity contribution in [3.63, 3.8) is 0 Å². The molecular weight excluding hydrogens is 264 g/mol. The van der Waals surface area contributed by atoms with Crippen LogP contribution >= 0.6 is 0 Å². The highest BCUT2D eigenvalue weighted by Crippen LogP contribution is 2.47. The fourth-order valence-electron chi connectivity index (χ4n) is 3.95. The van der Waals surface area contributed by atoms with E-state index in [9.17, 15) is 4.79 Å². The maximum atomic E-state index is 12.8. The van der Waals surface area contributed by atoms with Crippen molar-refractivity contribution in [2.45, 2.75) is 84.7 Å². The van der Waals surface area contributed by atoms with Gasteiger partial charge in [-0.25, -0.2) is 0 Å². The molecule has 4 nitrogen and oxygen atoms in total. The van der Waals surface area contributed by atoms with Crippen LogP contribution in [-0.4, -0.2) is 42.3 Å². The van der Waals surface area contributed by atoms with E-state index in [4.69, 9.17) is 4.74 Å². The van der Waals surface area contributed by atoms with E-state index in [-0.39, 0.29) is 23.7 Å². The molecule has 0 aromatic rings. The molecule has 4 unspecified atom stereocenters. The molecule has 0 bridgehead atoms. The van der Waals surface area contributed by atoms with Gasteiger partial charge in [-0.3, -0.25) is 10.1 Å². The van der Waals surface area contributed by atoms with Gasteiger partial charge >= 0.3 is 0 Å². The van der Waals surface area contributed by atoms with Crippen LogP contribution in [0.3, 0.4) is 0 Å². The Bertz CT molecular complexity index is 381. The van der Waals surface area contributed by atoms with Crippen LogP contribution in [0.4, 0.5) is 0 Å². The second-order valence-corrected chi connectivity index (χ2v) is 7.70. The van der Waals surface area contributed by atoms with Crippen LogP contribution in [0.2, 0.25) is 0 Å². The monoisotopic (exact) mass is 296 g/mol. The van der Waals surface area contributed by atoms with E-state index in [1.807, 2.05) is 0 Å². The molecule has 122 valence electrons. The third-order valence-corrected chi connectivity index (χ3v) is 5.30. The minimum Gasteiger partial charge on any atom is -0.381 e. The summed E-state index contributed by atoms with van der Waals surface area (Å²) >= 11 is 0. The summed E-state index contributed by atoms with van der Waals surface area (Å²) in [7, 11) is 1.78. The third-order valence-electron chi connectivity index (χ3n) is 5.30. The topological polar surface area (TPSA) is 41.6 Å². The molecule has 0 radical (unpaired) electrons. The first-order valence-electron chi connectivity index (χ1n) is 8.43. The standard InChI is InChI=1S/C17H32N2O2/c1-7-8-12-16(20)19(15(18-12)9-11(2)3)13-10-14(21-6)17(13,4)5/h11-15,18H,7-10H2,1-6H3. The van der Waals surface area contributed by atoms with Crippen molar-refractivity contribution in [1.82, 2.24) is 10.2 Å². The summed E-state index contributed by atoms with van der Waals surface area (Å²) in [4.78, 5) is 15.0. The maximum Gasteiger partial charge on any atom is 0.241 e. The Labute approximate surface area is 129 Å². The van der Waals surface area contributed by atoms with Crippen LogP contribution in [0.1, 0.15) is 60.3 Å². The Balaban J connectivity index is 2.16. The Hall–Kier alpha value is -0.610. The number of methoxy groups -OCH3 is 1. The van der Waals surface area contributed by atoms with Crippen LogP contribution in [-0.2, 0) is 9.53 Å².